The van der Waals surface area contributed by atoms with Crippen molar-refractivity contribution < 1.29 is 14.3 Å². The summed E-state index contributed by atoms with van der Waals surface area (Å²) in [5, 5.41) is 3.77. The molecule has 2 unspecified atom stereocenters. The number of ether oxygens (including phenoxy) is 2. The summed E-state index contributed by atoms with van der Waals surface area (Å²) in [5.74, 6) is 0. The van der Waals surface area contributed by atoms with E-state index in [0.29, 0.717) is 18.2 Å². The first-order valence-electron chi connectivity index (χ1n) is 8.64. The predicted molar refractivity (Wildman–Crippen MR) is 87.0 cm³/mol. The van der Waals surface area contributed by atoms with Crippen LogP contribution in [0.1, 0.15) is 59.3 Å². The van der Waals surface area contributed by atoms with Crippen LogP contribution in [0.4, 0.5) is 4.79 Å². The molecular weight excluding hydrogens is 280 g/mol. The van der Waals surface area contributed by atoms with Gasteiger partial charge in [-0.3, -0.25) is 0 Å². The molecule has 2 aliphatic rings. The minimum absolute atomic E-state index is 0.178. The van der Waals surface area contributed by atoms with E-state index >= 15 is 0 Å². The highest BCUT2D eigenvalue weighted by Crippen LogP contribution is 2.23. The highest BCUT2D eigenvalue weighted by molar-refractivity contribution is 5.68. The van der Waals surface area contributed by atoms with Crippen molar-refractivity contribution in [2.45, 2.75) is 83.1 Å². The van der Waals surface area contributed by atoms with Gasteiger partial charge in [-0.05, 0) is 59.3 Å². The lowest BCUT2D eigenvalue weighted by atomic mass is 9.91. The zero-order valence-corrected chi connectivity index (χ0v) is 14.6. The molecule has 1 aliphatic carbocycles. The second-order valence-electron chi connectivity index (χ2n) is 7.63. The van der Waals surface area contributed by atoms with Crippen LogP contribution in [0.25, 0.3) is 0 Å². The van der Waals surface area contributed by atoms with Crippen molar-refractivity contribution in [1.29, 1.82) is 0 Å². The van der Waals surface area contributed by atoms with E-state index in [-0.39, 0.29) is 6.09 Å². The molecule has 22 heavy (non-hydrogen) atoms. The van der Waals surface area contributed by atoms with Gasteiger partial charge in [-0.1, -0.05) is 0 Å². The molecule has 0 radical (unpaired) electrons. The zero-order valence-electron chi connectivity index (χ0n) is 14.6. The molecule has 128 valence electrons. The van der Waals surface area contributed by atoms with Gasteiger partial charge in [-0.25, -0.2) is 4.79 Å². The van der Waals surface area contributed by atoms with Gasteiger partial charge in [-0.2, -0.15) is 0 Å². The molecule has 1 amide bonds. The van der Waals surface area contributed by atoms with E-state index in [4.69, 9.17) is 9.47 Å². The van der Waals surface area contributed by atoms with Crippen molar-refractivity contribution in [1.82, 2.24) is 10.2 Å². The average Bonchev–Trinajstić information content (AvgIpc) is 2.46. The molecule has 0 aromatic carbocycles. The van der Waals surface area contributed by atoms with Crippen molar-refractivity contribution in [3.63, 3.8) is 0 Å². The second kappa shape index (κ2) is 7.64. The first kappa shape index (κ1) is 17.5. The van der Waals surface area contributed by atoms with E-state index < -0.39 is 5.60 Å². The first-order chi connectivity index (χ1) is 10.4. The first-order valence-corrected chi connectivity index (χ1v) is 8.64. The maximum absolute atomic E-state index is 12.1. The molecule has 1 heterocycles. The van der Waals surface area contributed by atoms with Gasteiger partial charge in [0.2, 0.25) is 0 Å². The Labute approximate surface area is 134 Å². The number of nitrogens with one attached hydrogen (secondary N) is 1. The Hall–Kier alpha value is -0.810. The minimum atomic E-state index is -0.413. The molecule has 2 rings (SSSR count). The lowest BCUT2D eigenvalue weighted by Gasteiger charge is -2.37. The summed E-state index contributed by atoms with van der Waals surface area (Å²) in [7, 11) is 1.81. The molecule has 1 saturated carbocycles. The third kappa shape index (κ3) is 5.43. The van der Waals surface area contributed by atoms with Crippen molar-refractivity contribution in [3.8, 4) is 0 Å². The van der Waals surface area contributed by atoms with E-state index in [1.165, 1.54) is 19.3 Å². The molecule has 0 aromatic heterocycles. The van der Waals surface area contributed by atoms with Gasteiger partial charge in [-0.15, -0.1) is 0 Å². The summed E-state index contributed by atoms with van der Waals surface area (Å²) in [6.45, 7) is 7.30. The quantitative estimate of drug-likeness (QED) is 0.870. The summed E-state index contributed by atoms with van der Waals surface area (Å²) in [4.78, 5) is 13.9. The summed E-state index contributed by atoms with van der Waals surface area (Å²) in [6, 6.07) is 1.08. The Morgan fingerprint density at radius 2 is 1.77 bits per heavy atom. The fraction of sp³-hybridized carbons (Fsp3) is 0.941. The number of nitrogens with zero attached hydrogens (tertiary/aromatic N) is 1. The van der Waals surface area contributed by atoms with E-state index in [0.717, 1.165) is 32.4 Å². The topological polar surface area (TPSA) is 50.8 Å². The van der Waals surface area contributed by atoms with Gasteiger partial charge in [0.15, 0.2) is 0 Å². The number of amides is 1. The van der Waals surface area contributed by atoms with Crippen LogP contribution in [0.5, 0.6) is 0 Å². The number of carbonyl (C=O) groups is 1. The van der Waals surface area contributed by atoms with Gasteiger partial charge >= 0.3 is 6.09 Å². The van der Waals surface area contributed by atoms with Gasteiger partial charge in [0.05, 0.1) is 6.10 Å². The second-order valence-corrected chi connectivity index (χ2v) is 7.63. The van der Waals surface area contributed by atoms with Gasteiger partial charge in [0.25, 0.3) is 0 Å². The maximum Gasteiger partial charge on any atom is 0.410 e. The largest absolute Gasteiger partial charge is 0.444 e. The number of methoxy groups -OCH3 is 1. The number of rotatable bonds is 3. The van der Waals surface area contributed by atoms with E-state index in [1.807, 2.05) is 32.8 Å². The SMILES string of the molecule is COC1CCCC(NC2CCN(C(=O)OC(C)(C)C)CC2)C1. The smallest absolute Gasteiger partial charge is 0.410 e. The van der Waals surface area contributed by atoms with Crippen molar-refractivity contribution in [2.24, 2.45) is 0 Å². The molecule has 0 bridgehead atoms. The maximum atomic E-state index is 12.1. The number of carbonyl (C=O) groups excluding carboxylic acids is 1. The summed E-state index contributed by atoms with van der Waals surface area (Å²) in [6.07, 6.45) is 7.03. The van der Waals surface area contributed by atoms with Crippen LogP contribution in [0.2, 0.25) is 0 Å². The minimum Gasteiger partial charge on any atom is -0.444 e. The molecule has 1 aliphatic heterocycles. The number of piperidine rings is 1. The highest BCUT2D eigenvalue weighted by Gasteiger charge is 2.29. The van der Waals surface area contributed by atoms with Crippen LogP contribution in [-0.4, -0.2) is 55.0 Å². The van der Waals surface area contributed by atoms with E-state index in [9.17, 15) is 4.79 Å². The normalized spacial score (nSPS) is 27.7. The van der Waals surface area contributed by atoms with Crippen LogP contribution in [0, 0.1) is 0 Å². The van der Waals surface area contributed by atoms with Gasteiger partial charge in [0.1, 0.15) is 5.60 Å². The zero-order chi connectivity index (χ0) is 16.2. The van der Waals surface area contributed by atoms with E-state index in [1.54, 1.807) is 0 Å². The number of hydrogen-bond donors (Lipinski definition) is 1. The van der Waals surface area contributed by atoms with Crippen LogP contribution in [0.3, 0.4) is 0 Å². The Kier molecular flexibility index (Phi) is 6.09. The summed E-state index contributed by atoms with van der Waals surface area (Å²) in [5.41, 5.74) is -0.413. The van der Waals surface area contributed by atoms with Crippen molar-refractivity contribution in [3.05, 3.63) is 0 Å². The average molecular weight is 312 g/mol. The third-order valence-electron chi connectivity index (χ3n) is 4.58. The Morgan fingerprint density at radius 1 is 1.09 bits per heavy atom. The van der Waals surface area contributed by atoms with E-state index in [2.05, 4.69) is 5.32 Å². The molecule has 2 fully saturated rings. The Balaban J connectivity index is 1.72. The summed E-state index contributed by atoms with van der Waals surface area (Å²) >= 11 is 0. The molecular formula is C17H32N2O3. The van der Waals surface area contributed by atoms with Gasteiger partial charge in [0, 0.05) is 32.3 Å². The Morgan fingerprint density at radius 3 is 2.36 bits per heavy atom. The van der Waals surface area contributed by atoms with Crippen LogP contribution in [0.15, 0.2) is 0 Å². The lowest BCUT2D eigenvalue weighted by molar-refractivity contribution is 0.0185. The third-order valence-corrected chi connectivity index (χ3v) is 4.58. The molecule has 2 atom stereocenters. The number of likely N-dealkylation sites (tertiary alicyclic amines) is 1. The monoisotopic (exact) mass is 312 g/mol. The Bertz CT molecular complexity index is 359. The molecule has 5 heteroatoms. The van der Waals surface area contributed by atoms with Crippen molar-refractivity contribution in [2.75, 3.05) is 20.2 Å². The molecule has 0 spiro atoms. The molecule has 1 saturated heterocycles. The fourth-order valence-electron chi connectivity index (χ4n) is 3.40. The molecule has 0 aromatic rings. The summed E-state index contributed by atoms with van der Waals surface area (Å²) < 4.78 is 10.9. The number of hydrogen-bond acceptors (Lipinski definition) is 4. The van der Waals surface area contributed by atoms with Gasteiger partial charge < -0.3 is 19.7 Å². The van der Waals surface area contributed by atoms with Crippen LogP contribution in [-0.2, 0) is 9.47 Å². The highest BCUT2D eigenvalue weighted by atomic mass is 16.6. The predicted octanol–water partition coefficient (Wildman–Crippen LogP) is 2.93. The van der Waals surface area contributed by atoms with Crippen LogP contribution < -0.4 is 5.32 Å². The standard InChI is InChI=1S/C17H32N2O3/c1-17(2,3)22-16(20)19-10-8-13(9-11-19)18-14-6-5-7-15(12-14)21-4/h13-15,18H,5-12H2,1-4H3. The lowest BCUT2D eigenvalue weighted by Crippen LogP contribution is -2.50. The van der Waals surface area contributed by atoms with Crippen LogP contribution >= 0.6 is 0 Å². The van der Waals surface area contributed by atoms with Crippen molar-refractivity contribution >= 4 is 6.09 Å². The molecule has 1 N–H and O–H groups in total. The fourth-order valence-corrected chi connectivity index (χ4v) is 3.40. The molecule has 5 nitrogen and oxygen atoms in total.